The molecule has 0 spiro atoms. The normalized spacial score (nSPS) is 12.7. The van der Waals surface area contributed by atoms with Crippen molar-refractivity contribution in [2.24, 2.45) is 5.73 Å². The Bertz CT molecular complexity index is 478. The number of hydrogen-bond donors (Lipinski definition) is 1. The van der Waals surface area contributed by atoms with E-state index in [4.69, 9.17) is 5.73 Å². The average Bonchev–Trinajstić information content (AvgIpc) is 2.65. The predicted octanol–water partition coefficient (Wildman–Crippen LogP) is 4.06. The standard InChI is InChI=1S/C13H14BrNS/c1-9-3-2-4-10(7-9)8-11(15)12-5-6-13(14)16-12/h2-7,11H,8,15H2,1H3. The van der Waals surface area contributed by atoms with Crippen LogP contribution >= 0.6 is 27.3 Å². The van der Waals surface area contributed by atoms with Crippen molar-refractivity contribution in [3.05, 3.63) is 56.2 Å². The zero-order valence-electron chi connectivity index (χ0n) is 9.11. The van der Waals surface area contributed by atoms with Crippen molar-refractivity contribution in [2.45, 2.75) is 19.4 Å². The van der Waals surface area contributed by atoms with Crippen molar-refractivity contribution >= 4 is 27.3 Å². The molecule has 1 aromatic heterocycles. The van der Waals surface area contributed by atoms with Crippen LogP contribution in [0.4, 0.5) is 0 Å². The predicted molar refractivity (Wildman–Crippen MR) is 73.8 cm³/mol. The highest BCUT2D eigenvalue weighted by atomic mass is 79.9. The molecule has 1 atom stereocenters. The summed E-state index contributed by atoms with van der Waals surface area (Å²) in [5.41, 5.74) is 8.77. The van der Waals surface area contributed by atoms with Crippen LogP contribution in [0, 0.1) is 6.92 Å². The molecule has 0 aliphatic heterocycles. The molecule has 0 aliphatic rings. The van der Waals surface area contributed by atoms with E-state index in [-0.39, 0.29) is 6.04 Å². The summed E-state index contributed by atoms with van der Waals surface area (Å²) in [4.78, 5) is 1.23. The zero-order valence-corrected chi connectivity index (χ0v) is 11.5. The summed E-state index contributed by atoms with van der Waals surface area (Å²) in [6, 6.07) is 12.8. The lowest BCUT2D eigenvalue weighted by Crippen LogP contribution is -2.11. The van der Waals surface area contributed by atoms with Gasteiger partial charge in [-0.05, 0) is 47.0 Å². The highest BCUT2D eigenvalue weighted by molar-refractivity contribution is 9.11. The lowest BCUT2D eigenvalue weighted by molar-refractivity contribution is 0.736. The van der Waals surface area contributed by atoms with Crippen molar-refractivity contribution in [2.75, 3.05) is 0 Å². The zero-order chi connectivity index (χ0) is 11.5. The minimum absolute atomic E-state index is 0.0955. The van der Waals surface area contributed by atoms with E-state index in [1.54, 1.807) is 11.3 Å². The molecule has 0 aliphatic carbocycles. The smallest absolute Gasteiger partial charge is 0.0701 e. The van der Waals surface area contributed by atoms with Gasteiger partial charge in [-0.15, -0.1) is 11.3 Å². The van der Waals surface area contributed by atoms with Crippen LogP contribution < -0.4 is 5.73 Å². The molecule has 0 fully saturated rings. The van der Waals surface area contributed by atoms with E-state index in [0.717, 1.165) is 10.2 Å². The Morgan fingerprint density at radius 2 is 2.12 bits per heavy atom. The second-order valence-electron chi connectivity index (χ2n) is 3.94. The van der Waals surface area contributed by atoms with E-state index in [2.05, 4.69) is 59.3 Å². The van der Waals surface area contributed by atoms with Gasteiger partial charge in [0.05, 0.1) is 3.79 Å². The number of thiophene rings is 1. The Hall–Kier alpha value is -0.640. The first-order valence-corrected chi connectivity index (χ1v) is 6.82. The molecule has 1 nitrogen and oxygen atoms in total. The molecule has 0 saturated heterocycles. The van der Waals surface area contributed by atoms with E-state index in [9.17, 15) is 0 Å². The fourth-order valence-corrected chi connectivity index (χ4v) is 3.15. The minimum atomic E-state index is 0.0955. The molecule has 2 rings (SSSR count). The van der Waals surface area contributed by atoms with Crippen molar-refractivity contribution in [1.29, 1.82) is 0 Å². The van der Waals surface area contributed by atoms with Gasteiger partial charge in [0.25, 0.3) is 0 Å². The Morgan fingerprint density at radius 3 is 2.75 bits per heavy atom. The summed E-state index contributed by atoms with van der Waals surface area (Å²) in [5.74, 6) is 0. The van der Waals surface area contributed by atoms with Gasteiger partial charge in [-0.3, -0.25) is 0 Å². The number of halogens is 1. The third kappa shape index (κ3) is 2.94. The van der Waals surface area contributed by atoms with Gasteiger partial charge >= 0.3 is 0 Å². The first-order valence-electron chi connectivity index (χ1n) is 5.21. The Balaban J connectivity index is 2.10. The maximum absolute atomic E-state index is 6.18. The van der Waals surface area contributed by atoms with Gasteiger partial charge in [-0.25, -0.2) is 0 Å². The molecule has 1 heterocycles. The Kier molecular flexibility index (Phi) is 3.79. The number of benzene rings is 1. The molecule has 0 radical (unpaired) electrons. The number of nitrogens with two attached hydrogens (primary N) is 1. The van der Waals surface area contributed by atoms with Gasteiger partial charge in [0.15, 0.2) is 0 Å². The Morgan fingerprint density at radius 1 is 1.31 bits per heavy atom. The van der Waals surface area contributed by atoms with Crippen molar-refractivity contribution < 1.29 is 0 Å². The molecule has 84 valence electrons. The van der Waals surface area contributed by atoms with Crippen LogP contribution in [0.15, 0.2) is 40.2 Å². The van der Waals surface area contributed by atoms with Crippen molar-refractivity contribution in [1.82, 2.24) is 0 Å². The quantitative estimate of drug-likeness (QED) is 0.908. The van der Waals surface area contributed by atoms with Crippen LogP contribution in [0.25, 0.3) is 0 Å². The SMILES string of the molecule is Cc1cccc(CC(N)c2ccc(Br)s2)c1. The lowest BCUT2D eigenvalue weighted by atomic mass is 10.0. The average molecular weight is 296 g/mol. The lowest BCUT2D eigenvalue weighted by Gasteiger charge is -2.09. The number of aryl methyl sites for hydroxylation is 1. The van der Waals surface area contributed by atoms with Gasteiger partial charge < -0.3 is 5.73 Å². The summed E-state index contributed by atoms with van der Waals surface area (Å²) in [5, 5.41) is 0. The highest BCUT2D eigenvalue weighted by Crippen LogP contribution is 2.27. The van der Waals surface area contributed by atoms with Gasteiger partial charge in [-0.1, -0.05) is 29.8 Å². The topological polar surface area (TPSA) is 26.0 Å². The van der Waals surface area contributed by atoms with Crippen LogP contribution in [0.5, 0.6) is 0 Å². The van der Waals surface area contributed by atoms with Gasteiger partial charge in [-0.2, -0.15) is 0 Å². The van der Waals surface area contributed by atoms with Crippen molar-refractivity contribution in [3.63, 3.8) is 0 Å². The third-order valence-corrected chi connectivity index (χ3v) is 4.25. The van der Waals surface area contributed by atoms with Crippen LogP contribution in [0.1, 0.15) is 22.0 Å². The fraction of sp³-hybridized carbons (Fsp3) is 0.231. The van der Waals surface area contributed by atoms with Crippen molar-refractivity contribution in [3.8, 4) is 0 Å². The summed E-state index contributed by atoms with van der Waals surface area (Å²) in [6.45, 7) is 2.11. The Labute approximate surface area is 108 Å². The molecule has 16 heavy (non-hydrogen) atoms. The minimum Gasteiger partial charge on any atom is -0.323 e. The molecular weight excluding hydrogens is 282 g/mol. The maximum atomic E-state index is 6.18. The molecule has 1 aromatic carbocycles. The van der Waals surface area contributed by atoms with Crippen LogP contribution in [0.2, 0.25) is 0 Å². The second-order valence-corrected chi connectivity index (χ2v) is 6.44. The number of hydrogen-bond acceptors (Lipinski definition) is 2. The molecule has 3 heteroatoms. The summed E-state index contributed by atoms with van der Waals surface area (Å²) in [6.07, 6.45) is 0.897. The van der Waals surface area contributed by atoms with Crippen LogP contribution in [-0.4, -0.2) is 0 Å². The molecule has 0 amide bonds. The van der Waals surface area contributed by atoms with E-state index in [1.165, 1.54) is 16.0 Å². The fourth-order valence-electron chi connectivity index (χ4n) is 1.72. The summed E-state index contributed by atoms with van der Waals surface area (Å²) < 4.78 is 1.14. The van der Waals surface area contributed by atoms with E-state index in [0.29, 0.717) is 0 Å². The largest absolute Gasteiger partial charge is 0.323 e. The number of rotatable bonds is 3. The van der Waals surface area contributed by atoms with E-state index >= 15 is 0 Å². The van der Waals surface area contributed by atoms with Crippen LogP contribution in [-0.2, 0) is 6.42 Å². The third-order valence-electron chi connectivity index (χ3n) is 2.50. The van der Waals surface area contributed by atoms with Crippen LogP contribution in [0.3, 0.4) is 0 Å². The molecule has 2 aromatic rings. The monoisotopic (exact) mass is 295 g/mol. The molecule has 0 bridgehead atoms. The summed E-state index contributed by atoms with van der Waals surface area (Å²) in [7, 11) is 0. The highest BCUT2D eigenvalue weighted by Gasteiger charge is 2.09. The van der Waals surface area contributed by atoms with E-state index in [1.807, 2.05) is 0 Å². The maximum Gasteiger partial charge on any atom is 0.0701 e. The van der Waals surface area contributed by atoms with Gasteiger partial charge in [0.2, 0.25) is 0 Å². The molecule has 2 N–H and O–H groups in total. The van der Waals surface area contributed by atoms with E-state index < -0.39 is 0 Å². The van der Waals surface area contributed by atoms with Gasteiger partial charge in [0, 0.05) is 10.9 Å². The first-order chi connectivity index (χ1) is 7.65. The first kappa shape index (κ1) is 11.8. The summed E-state index contributed by atoms with van der Waals surface area (Å²) >= 11 is 5.17. The molecular formula is C13H14BrNS. The molecule has 1 unspecified atom stereocenters. The second kappa shape index (κ2) is 5.13. The molecule has 0 saturated carbocycles. The van der Waals surface area contributed by atoms with Gasteiger partial charge in [0.1, 0.15) is 0 Å².